The molecule has 1 atom stereocenters. The third-order valence-corrected chi connectivity index (χ3v) is 5.00. The molecule has 1 amide bonds. The minimum atomic E-state index is -0.405. The molecule has 2 aliphatic rings. The van der Waals surface area contributed by atoms with Crippen LogP contribution in [0.3, 0.4) is 0 Å². The molecule has 1 unspecified atom stereocenters. The lowest BCUT2D eigenvalue weighted by Crippen LogP contribution is -2.45. The number of nitrogens with one attached hydrogen (secondary N) is 2. The maximum Gasteiger partial charge on any atom is 0.254 e. The number of morpholine rings is 1. The summed E-state index contributed by atoms with van der Waals surface area (Å²) in [4.78, 5) is 16.8. The average molecular weight is 340 g/mol. The Morgan fingerprint density at radius 2 is 2.27 bits per heavy atom. The first-order chi connectivity index (χ1) is 10.3. The lowest BCUT2D eigenvalue weighted by Gasteiger charge is -2.22. The molecule has 1 aromatic carbocycles. The topological polar surface area (TPSA) is 63.2 Å². The summed E-state index contributed by atoms with van der Waals surface area (Å²) in [5, 5.41) is 7.32. The van der Waals surface area contributed by atoms with Crippen LogP contribution in [-0.4, -0.2) is 36.7 Å². The van der Waals surface area contributed by atoms with Gasteiger partial charge in [-0.25, -0.2) is 4.98 Å². The van der Waals surface area contributed by atoms with Crippen LogP contribution in [0.15, 0.2) is 18.2 Å². The summed E-state index contributed by atoms with van der Waals surface area (Å²) in [6, 6.07) is 5.90. The largest absolute Gasteiger partial charge is 0.366 e. The van der Waals surface area contributed by atoms with Crippen LogP contribution in [0.1, 0.15) is 23.8 Å². The fraction of sp³-hybridized carbons (Fsp3) is 0.467. The molecule has 1 aliphatic heterocycles. The minimum Gasteiger partial charge on any atom is -0.366 e. The molecule has 2 fully saturated rings. The van der Waals surface area contributed by atoms with Gasteiger partial charge in [-0.2, -0.15) is 0 Å². The molecular weight excluding hydrogens is 322 g/mol. The van der Waals surface area contributed by atoms with Gasteiger partial charge in [0, 0.05) is 24.7 Å². The van der Waals surface area contributed by atoms with Crippen molar-refractivity contribution in [1.82, 2.24) is 10.3 Å². The Labute approximate surface area is 138 Å². The van der Waals surface area contributed by atoms with E-state index in [1.807, 2.05) is 18.2 Å². The Bertz CT molecular complexity index is 680. The van der Waals surface area contributed by atoms with E-state index in [4.69, 9.17) is 4.74 Å². The molecule has 0 spiro atoms. The minimum absolute atomic E-state index is 0. The van der Waals surface area contributed by atoms with Gasteiger partial charge in [-0.15, -0.1) is 23.7 Å². The summed E-state index contributed by atoms with van der Waals surface area (Å²) in [7, 11) is 0. The van der Waals surface area contributed by atoms with Gasteiger partial charge >= 0.3 is 0 Å². The summed E-state index contributed by atoms with van der Waals surface area (Å²) in [5.41, 5.74) is 1.84. The molecule has 0 bridgehead atoms. The highest BCUT2D eigenvalue weighted by molar-refractivity contribution is 7.18. The normalized spacial score (nSPS) is 21.4. The second kappa shape index (κ2) is 6.50. The molecule has 4 rings (SSSR count). The zero-order chi connectivity index (χ0) is 14.2. The van der Waals surface area contributed by atoms with Gasteiger partial charge in [0.1, 0.15) is 6.10 Å². The highest BCUT2D eigenvalue weighted by Gasteiger charge is 2.27. The van der Waals surface area contributed by atoms with Gasteiger partial charge in [0.25, 0.3) is 5.91 Å². The maximum absolute atomic E-state index is 12.1. The molecule has 2 heterocycles. The fourth-order valence-electron chi connectivity index (χ4n) is 2.48. The monoisotopic (exact) mass is 339 g/mol. The van der Waals surface area contributed by atoms with Crippen LogP contribution in [0.25, 0.3) is 10.2 Å². The molecule has 1 aliphatic carbocycles. The number of hydrogen-bond acceptors (Lipinski definition) is 5. The molecule has 118 valence electrons. The Balaban J connectivity index is 0.00000144. The zero-order valence-electron chi connectivity index (χ0n) is 12.0. The highest BCUT2D eigenvalue weighted by atomic mass is 35.5. The predicted molar refractivity (Wildman–Crippen MR) is 90.1 cm³/mol. The van der Waals surface area contributed by atoms with Crippen LogP contribution >= 0.6 is 23.7 Å². The first kappa shape index (κ1) is 15.7. The van der Waals surface area contributed by atoms with E-state index < -0.39 is 6.10 Å². The molecule has 2 aromatic rings. The number of carbonyl (C=O) groups is 1. The van der Waals surface area contributed by atoms with Crippen molar-refractivity contribution in [2.75, 3.05) is 25.0 Å². The smallest absolute Gasteiger partial charge is 0.254 e. The van der Waals surface area contributed by atoms with Crippen molar-refractivity contribution in [2.45, 2.75) is 24.9 Å². The van der Waals surface area contributed by atoms with Crippen LogP contribution in [-0.2, 0) is 9.53 Å². The van der Waals surface area contributed by atoms with E-state index in [1.165, 1.54) is 17.8 Å². The molecule has 7 heteroatoms. The summed E-state index contributed by atoms with van der Waals surface area (Å²) < 4.78 is 6.60. The number of nitrogens with zero attached hydrogens (tertiary/aromatic N) is 1. The number of halogens is 1. The molecule has 1 saturated carbocycles. The van der Waals surface area contributed by atoms with E-state index in [0.717, 1.165) is 22.4 Å². The zero-order valence-corrected chi connectivity index (χ0v) is 13.6. The fourth-order valence-corrected chi connectivity index (χ4v) is 3.66. The van der Waals surface area contributed by atoms with Crippen LogP contribution in [0, 0.1) is 0 Å². The Morgan fingerprint density at radius 3 is 3.00 bits per heavy atom. The standard InChI is InChI=1S/C15H17N3O2S.ClH/c19-14(12-8-16-5-6-20-12)17-10-3-4-11-13(7-10)21-15(18-11)9-1-2-9;/h3-4,7,9,12,16H,1-2,5-6,8H2,(H,17,19);1H. The van der Waals surface area contributed by atoms with Gasteiger partial charge in [-0.1, -0.05) is 0 Å². The number of fused-ring (bicyclic) bond motifs is 1. The molecule has 2 N–H and O–H groups in total. The van der Waals surface area contributed by atoms with Gasteiger partial charge in [0.05, 0.1) is 21.8 Å². The number of hydrogen-bond donors (Lipinski definition) is 2. The number of amides is 1. The number of thiazole rings is 1. The van der Waals surface area contributed by atoms with Crippen molar-refractivity contribution in [3.05, 3.63) is 23.2 Å². The molecule has 5 nitrogen and oxygen atoms in total. The number of anilines is 1. The van der Waals surface area contributed by atoms with Crippen molar-refractivity contribution in [3.63, 3.8) is 0 Å². The van der Waals surface area contributed by atoms with Gasteiger partial charge in [0.15, 0.2) is 0 Å². The van der Waals surface area contributed by atoms with E-state index in [9.17, 15) is 4.79 Å². The highest BCUT2D eigenvalue weighted by Crippen LogP contribution is 2.43. The number of ether oxygens (including phenoxy) is 1. The van der Waals surface area contributed by atoms with E-state index in [0.29, 0.717) is 19.1 Å². The second-order valence-electron chi connectivity index (χ2n) is 5.56. The van der Waals surface area contributed by atoms with Crippen molar-refractivity contribution in [1.29, 1.82) is 0 Å². The third kappa shape index (κ3) is 3.25. The molecule has 0 radical (unpaired) electrons. The quantitative estimate of drug-likeness (QED) is 0.902. The summed E-state index contributed by atoms with van der Waals surface area (Å²) >= 11 is 1.74. The van der Waals surface area contributed by atoms with E-state index >= 15 is 0 Å². The molecule has 22 heavy (non-hydrogen) atoms. The Hall–Kier alpha value is -1.21. The van der Waals surface area contributed by atoms with Gasteiger partial charge in [-0.05, 0) is 31.0 Å². The van der Waals surface area contributed by atoms with Crippen molar-refractivity contribution >= 4 is 45.6 Å². The lowest BCUT2D eigenvalue weighted by molar-refractivity contribution is -0.128. The van der Waals surface area contributed by atoms with E-state index in [-0.39, 0.29) is 18.3 Å². The van der Waals surface area contributed by atoms with Crippen molar-refractivity contribution in [3.8, 4) is 0 Å². The van der Waals surface area contributed by atoms with Gasteiger partial charge < -0.3 is 15.4 Å². The predicted octanol–water partition coefficient (Wildman–Crippen LogP) is 2.52. The maximum atomic E-state index is 12.1. The molecular formula is C15H18ClN3O2S. The molecule has 1 saturated heterocycles. The SMILES string of the molecule is Cl.O=C(Nc1ccc2nc(C3CC3)sc2c1)C1CNCCO1. The van der Waals surface area contributed by atoms with E-state index in [2.05, 4.69) is 15.6 Å². The number of rotatable bonds is 3. The summed E-state index contributed by atoms with van der Waals surface area (Å²) in [5.74, 6) is 0.579. The molecule has 1 aromatic heterocycles. The third-order valence-electron chi connectivity index (χ3n) is 3.82. The van der Waals surface area contributed by atoms with Crippen LogP contribution in [0.2, 0.25) is 0 Å². The Kier molecular flexibility index (Phi) is 4.63. The second-order valence-corrected chi connectivity index (χ2v) is 6.62. The number of carbonyl (C=O) groups excluding carboxylic acids is 1. The average Bonchev–Trinajstić information content (AvgIpc) is 3.28. The summed E-state index contributed by atoms with van der Waals surface area (Å²) in [6.45, 7) is 1.96. The lowest BCUT2D eigenvalue weighted by atomic mass is 10.2. The summed E-state index contributed by atoms with van der Waals surface area (Å²) in [6.07, 6.45) is 2.11. The van der Waals surface area contributed by atoms with Crippen LogP contribution in [0.5, 0.6) is 0 Å². The van der Waals surface area contributed by atoms with Crippen LogP contribution in [0.4, 0.5) is 5.69 Å². The van der Waals surface area contributed by atoms with Crippen LogP contribution < -0.4 is 10.6 Å². The first-order valence-electron chi connectivity index (χ1n) is 7.33. The number of aromatic nitrogens is 1. The first-order valence-corrected chi connectivity index (χ1v) is 8.15. The van der Waals surface area contributed by atoms with Gasteiger partial charge in [-0.3, -0.25) is 4.79 Å². The van der Waals surface area contributed by atoms with Crippen molar-refractivity contribution < 1.29 is 9.53 Å². The van der Waals surface area contributed by atoms with Gasteiger partial charge in [0.2, 0.25) is 0 Å². The Morgan fingerprint density at radius 1 is 1.41 bits per heavy atom. The van der Waals surface area contributed by atoms with Crippen molar-refractivity contribution in [2.24, 2.45) is 0 Å². The number of benzene rings is 1. The van der Waals surface area contributed by atoms with E-state index in [1.54, 1.807) is 11.3 Å².